The van der Waals surface area contributed by atoms with Crippen molar-refractivity contribution in [3.63, 3.8) is 0 Å². The molecule has 10 heteroatoms. The molecule has 1 aliphatic heterocycles. The first kappa shape index (κ1) is 24.2. The van der Waals surface area contributed by atoms with E-state index in [9.17, 15) is 9.59 Å². The van der Waals surface area contributed by atoms with E-state index in [2.05, 4.69) is 39.6 Å². The number of amides is 3. The number of nitrogens with one attached hydrogen (secondary N) is 2. The maximum Gasteiger partial charge on any atom is 0.321 e. The van der Waals surface area contributed by atoms with Crippen LogP contribution in [0.3, 0.4) is 0 Å². The molecule has 3 atom stereocenters. The second kappa shape index (κ2) is 9.97. The summed E-state index contributed by atoms with van der Waals surface area (Å²) in [6.45, 7) is 14.1. The Bertz CT molecular complexity index is 911. The van der Waals surface area contributed by atoms with Gasteiger partial charge in [0.1, 0.15) is 5.76 Å². The maximum atomic E-state index is 12.6. The number of carbonyl (C=O) groups excluding carboxylic acids is 2. The number of anilines is 1. The second-order valence-corrected chi connectivity index (χ2v) is 11.1. The standard InChI is InChI=1S/C22H34N6O3S/c1-14-10-15(2)12-27(11-14)20-25-26-21(28(20)13-17-8-7-9-31-17)32-16(3)18(29)23-19(30)24-22(4,5)6/h7-9,14-16H,10-13H2,1-6H3,(H2,23,24,29,30)/t14-,15+,16-/m0/s1. The van der Waals surface area contributed by atoms with Crippen LogP contribution in [0.1, 0.15) is 53.7 Å². The number of hydrogen-bond acceptors (Lipinski definition) is 7. The summed E-state index contributed by atoms with van der Waals surface area (Å²) < 4.78 is 7.55. The molecule has 2 aromatic heterocycles. The fourth-order valence-electron chi connectivity index (χ4n) is 3.92. The number of urea groups is 1. The number of nitrogens with zero attached hydrogens (tertiary/aromatic N) is 4. The molecule has 1 fully saturated rings. The van der Waals surface area contributed by atoms with Crippen molar-refractivity contribution in [1.29, 1.82) is 0 Å². The molecule has 1 aliphatic rings. The molecule has 9 nitrogen and oxygen atoms in total. The normalized spacial score (nSPS) is 20.1. The predicted octanol–water partition coefficient (Wildman–Crippen LogP) is 3.51. The van der Waals surface area contributed by atoms with Gasteiger partial charge in [0.15, 0.2) is 5.16 Å². The highest BCUT2D eigenvalue weighted by Gasteiger charge is 2.29. The van der Waals surface area contributed by atoms with Gasteiger partial charge < -0.3 is 14.6 Å². The first-order chi connectivity index (χ1) is 15.0. The Morgan fingerprint density at radius 3 is 2.53 bits per heavy atom. The quantitative estimate of drug-likeness (QED) is 0.633. The van der Waals surface area contributed by atoms with E-state index in [4.69, 9.17) is 4.42 Å². The minimum atomic E-state index is -0.535. The van der Waals surface area contributed by atoms with E-state index in [1.807, 2.05) is 37.5 Å². The Morgan fingerprint density at radius 2 is 1.94 bits per heavy atom. The highest BCUT2D eigenvalue weighted by atomic mass is 32.2. The first-order valence-electron chi connectivity index (χ1n) is 11.0. The van der Waals surface area contributed by atoms with Gasteiger partial charge in [0.25, 0.3) is 0 Å². The summed E-state index contributed by atoms with van der Waals surface area (Å²) in [6.07, 6.45) is 2.83. The summed E-state index contributed by atoms with van der Waals surface area (Å²) in [5, 5.41) is 14.1. The van der Waals surface area contributed by atoms with Crippen LogP contribution in [-0.4, -0.2) is 50.6 Å². The van der Waals surface area contributed by atoms with Gasteiger partial charge in [0.05, 0.1) is 18.1 Å². The molecule has 3 heterocycles. The lowest BCUT2D eigenvalue weighted by molar-refractivity contribution is -0.119. The molecule has 0 aromatic carbocycles. The van der Waals surface area contributed by atoms with Gasteiger partial charge in [0, 0.05) is 18.6 Å². The van der Waals surface area contributed by atoms with Gasteiger partial charge in [0.2, 0.25) is 11.9 Å². The van der Waals surface area contributed by atoms with E-state index in [1.165, 1.54) is 18.2 Å². The average Bonchev–Trinajstić information content (AvgIpc) is 3.30. The fraction of sp³-hybridized carbons (Fsp3) is 0.636. The molecule has 32 heavy (non-hydrogen) atoms. The van der Waals surface area contributed by atoms with E-state index in [1.54, 1.807) is 13.2 Å². The van der Waals surface area contributed by atoms with Gasteiger partial charge in [-0.15, -0.1) is 10.2 Å². The third kappa shape index (κ3) is 6.51. The van der Waals surface area contributed by atoms with Crippen molar-refractivity contribution in [2.75, 3.05) is 18.0 Å². The van der Waals surface area contributed by atoms with Gasteiger partial charge in [-0.1, -0.05) is 25.6 Å². The summed E-state index contributed by atoms with van der Waals surface area (Å²) in [7, 11) is 0. The highest BCUT2D eigenvalue weighted by Crippen LogP contribution is 2.30. The van der Waals surface area contributed by atoms with Crippen LogP contribution in [0.4, 0.5) is 10.7 Å². The molecule has 1 saturated heterocycles. The van der Waals surface area contributed by atoms with Crippen molar-refractivity contribution in [3.8, 4) is 0 Å². The Kier molecular flexibility index (Phi) is 7.53. The number of hydrogen-bond donors (Lipinski definition) is 2. The molecule has 3 rings (SSSR count). The zero-order chi connectivity index (χ0) is 23.5. The van der Waals surface area contributed by atoms with Crippen molar-refractivity contribution < 1.29 is 14.0 Å². The molecule has 0 spiro atoms. The zero-order valence-electron chi connectivity index (χ0n) is 19.7. The van der Waals surface area contributed by atoms with Gasteiger partial charge in [-0.05, 0) is 58.1 Å². The Hall–Kier alpha value is -2.49. The Morgan fingerprint density at radius 1 is 1.25 bits per heavy atom. The smallest absolute Gasteiger partial charge is 0.321 e. The number of carbonyl (C=O) groups is 2. The summed E-state index contributed by atoms with van der Waals surface area (Å²) in [5.41, 5.74) is -0.429. The lowest BCUT2D eigenvalue weighted by Gasteiger charge is -2.35. The number of furan rings is 1. The maximum absolute atomic E-state index is 12.6. The molecule has 0 aliphatic carbocycles. The summed E-state index contributed by atoms with van der Waals surface area (Å²) in [4.78, 5) is 26.9. The number of rotatable bonds is 6. The van der Waals surface area contributed by atoms with Gasteiger partial charge >= 0.3 is 6.03 Å². The Labute approximate surface area is 193 Å². The van der Waals surface area contributed by atoms with Gasteiger partial charge in [-0.25, -0.2) is 4.79 Å². The van der Waals surface area contributed by atoms with Crippen LogP contribution in [0.2, 0.25) is 0 Å². The lowest BCUT2D eigenvalue weighted by Crippen LogP contribution is -2.49. The van der Waals surface area contributed by atoms with Crippen molar-refractivity contribution >= 4 is 29.6 Å². The summed E-state index contributed by atoms with van der Waals surface area (Å²) in [5.74, 6) is 2.31. The minimum absolute atomic E-state index is 0.383. The first-order valence-corrected chi connectivity index (χ1v) is 11.9. The molecule has 0 unspecified atom stereocenters. The van der Waals surface area contributed by atoms with Gasteiger partial charge in [-0.2, -0.15) is 0 Å². The third-order valence-corrected chi connectivity index (χ3v) is 6.20. The van der Waals surface area contributed by atoms with E-state index in [0.717, 1.165) is 24.8 Å². The highest BCUT2D eigenvalue weighted by molar-refractivity contribution is 8.00. The molecule has 0 bridgehead atoms. The van der Waals surface area contributed by atoms with Crippen LogP contribution < -0.4 is 15.5 Å². The van der Waals surface area contributed by atoms with Crippen LogP contribution in [0, 0.1) is 11.8 Å². The Balaban J connectivity index is 1.77. The number of aromatic nitrogens is 3. The van der Waals surface area contributed by atoms with E-state index >= 15 is 0 Å². The lowest BCUT2D eigenvalue weighted by atomic mass is 9.92. The topological polar surface area (TPSA) is 105 Å². The molecule has 0 saturated carbocycles. The predicted molar refractivity (Wildman–Crippen MR) is 125 cm³/mol. The van der Waals surface area contributed by atoms with Crippen LogP contribution in [0.25, 0.3) is 0 Å². The second-order valence-electron chi connectivity index (χ2n) is 9.75. The molecular formula is C22H34N6O3S. The van der Waals surface area contributed by atoms with Crippen molar-refractivity contribution in [3.05, 3.63) is 24.2 Å². The summed E-state index contributed by atoms with van der Waals surface area (Å²) >= 11 is 1.28. The number of imide groups is 1. The minimum Gasteiger partial charge on any atom is -0.467 e. The monoisotopic (exact) mass is 462 g/mol. The average molecular weight is 463 g/mol. The molecule has 2 aromatic rings. The van der Waals surface area contributed by atoms with Gasteiger partial charge in [-0.3, -0.25) is 14.7 Å². The number of piperidine rings is 1. The fourth-order valence-corrected chi connectivity index (χ4v) is 4.77. The van der Waals surface area contributed by atoms with Crippen molar-refractivity contribution in [2.45, 2.75) is 70.5 Å². The summed E-state index contributed by atoms with van der Waals surface area (Å²) in [6, 6.07) is 3.25. The molecular weight excluding hydrogens is 428 g/mol. The third-order valence-electron chi connectivity index (χ3n) is 5.12. The van der Waals surface area contributed by atoms with E-state index in [0.29, 0.717) is 23.5 Å². The van der Waals surface area contributed by atoms with E-state index < -0.39 is 16.8 Å². The number of thioether (sulfide) groups is 1. The van der Waals surface area contributed by atoms with Crippen LogP contribution in [0.15, 0.2) is 28.0 Å². The largest absolute Gasteiger partial charge is 0.467 e. The van der Waals surface area contributed by atoms with Crippen molar-refractivity contribution in [1.82, 2.24) is 25.4 Å². The van der Waals surface area contributed by atoms with Crippen LogP contribution >= 0.6 is 11.8 Å². The van der Waals surface area contributed by atoms with E-state index in [-0.39, 0.29) is 5.91 Å². The van der Waals surface area contributed by atoms with Crippen molar-refractivity contribution in [2.24, 2.45) is 11.8 Å². The van der Waals surface area contributed by atoms with Crippen LogP contribution in [0.5, 0.6) is 0 Å². The molecule has 3 amide bonds. The zero-order valence-corrected chi connectivity index (χ0v) is 20.5. The SMILES string of the molecule is C[C@@H]1C[C@H](C)CN(c2nnc(S[C@@H](C)C(=O)NC(=O)NC(C)(C)C)n2Cc2ccco2)C1. The molecule has 2 N–H and O–H groups in total. The van der Waals surface area contributed by atoms with Crippen LogP contribution in [-0.2, 0) is 11.3 Å². The molecule has 176 valence electrons. The molecule has 0 radical (unpaired) electrons.